The zero-order valence-electron chi connectivity index (χ0n) is 10.6. The van der Waals surface area contributed by atoms with E-state index in [0.29, 0.717) is 12.2 Å². The molecule has 2 rings (SSSR count). The van der Waals surface area contributed by atoms with Crippen LogP contribution in [0.2, 0.25) is 0 Å². The molecule has 0 atom stereocenters. The van der Waals surface area contributed by atoms with E-state index in [0.717, 1.165) is 31.7 Å². The summed E-state index contributed by atoms with van der Waals surface area (Å²) in [5.41, 5.74) is 14.3. The highest BCUT2D eigenvalue weighted by Crippen LogP contribution is 2.28. The van der Waals surface area contributed by atoms with Crippen LogP contribution < -0.4 is 16.2 Å². The van der Waals surface area contributed by atoms with Gasteiger partial charge in [0.1, 0.15) is 5.75 Å². The highest BCUT2D eigenvalue weighted by atomic mass is 16.5. The number of nitrogens with two attached hydrogens (primary N) is 2. The van der Waals surface area contributed by atoms with Crippen molar-refractivity contribution in [2.45, 2.75) is 12.8 Å². The number of primary amides is 1. The molecule has 0 aliphatic carbocycles. The van der Waals surface area contributed by atoms with Crippen molar-refractivity contribution < 1.29 is 9.53 Å². The molecule has 0 saturated heterocycles. The summed E-state index contributed by atoms with van der Waals surface area (Å²) in [5.74, 6) is 0.440. The lowest BCUT2D eigenvalue weighted by molar-refractivity contribution is -0.119. The van der Waals surface area contributed by atoms with Gasteiger partial charge in [0.05, 0.1) is 19.3 Å². The second-order valence-corrected chi connectivity index (χ2v) is 4.61. The fourth-order valence-electron chi connectivity index (χ4n) is 2.38. The fraction of sp³-hybridized carbons (Fsp3) is 0.462. The maximum absolute atomic E-state index is 10.9. The van der Waals surface area contributed by atoms with E-state index in [2.05, 4.69) is 4.90 Å². The molecule has 0 radical (unpaired) electrons. The first-order valence-electron chi connectivity index (χ1n) is 6.06. The molecule has 1 aromatic carbocycles. The van der Waals surface area contributed by atoms with Crippen molar-refractivity contribution in [1.29, 1.82) is 0 Å². The average molecular weight is 249 g/mol. The Morgan fingerprint density at radius 3 is 2.50 bits per heavy atom. The Bertz CT molecular complexity index is 460. The summed E-state index contributed by atoms with van der Waals surface area (Å²) in [4.78, 5) is 13.0. The van der Waals surface area contributed by atoms with Crippen molar-refractivity contribution in [3.63, 3.8) is 0 Å². The number of methoxy groups -OCH3 is 1. The number of nitrogen functional groups attached to an aromatic ring is 1. The number of hydrogen-bond donors (Lipinski definition) is 2. The summed E-state index contributed by atoms with van der Waals surface area (Å²) < 4.78 is 5.23. The van der Waals surface area contributed by atoms with Gasteiger partial charge in [-0.15, -0.1) is 0 Å². The number of anilines is 1. The second kappa shape index (κ2) is 5.27. The van der Waals surface area contributed by atoms with Crippen LogP contribution in [-0.4, -0.2) is 37.6 Å². The average Bonchev–Trinajstić information content (AvgIpc) is 2.50. The van der Waals surface area contributed by atoms with Gasteiger partial charge >= 0.3 is 0 Å². The molecule has 0 unspecified atom stereocenters. The van der Waals surface area contributed by atoms with Gasteiger partial charge in [0, 0.05) is 13.1 Å². The molecule has 5 nitrogen and oxygen atoms in total. The lowest BCUT2D eigenvalue weighted by Gasteiger charge is -2.16. The third-order valence-electron chi connectivity index (χ3n) is 3.33. The van der Waals surface area contributed by atoms with E-state index in [9.17, 15) is 4.79 Å². The lowest BCUT2D eigenvalue weighted by Crippen LogP contribution is -2.35. The summed E-state index contributed by atoms with van der Waals surface area (Å²) in [6.07, 6.45) is 1.77. The molecule has 1 aliphatic rings. The highest BCUT2D eigenvalue weighted by molar-refractivity contribution is 5.75. The Kier molecular flexibility index (Phi) is 3.72. The van der Waals surface area contributed by atoms with Gasteiger partial charge in [-0.1, -0.05) is 0 Å². The minimum atomic E-state index is -0.280. The smallest absolute Gasteiger partial charge is 0.231 e. The number of amides is 1. The molecule has 1 heterocycles. The predicted octanol–water partition coefficient (Wildman–Crippen LogP) is 0.163. The Hall–Kier alpha value is -1.75. The predicted molar refractivity (Wildman–Crippen MR) is 70.4 cm³/mol. The Balaban J connectivity index is 2.17. The quantitative estimate of drug-likeness (QED) is 0.748. The second-order valence-electron chi connectivity index (χ2n) is 4.61. The normalized spacial score (nSPS) is 15.8. The SMILES string of the molecule is COc1cc2c(cc1N)CCN(CC(N)=O)CC2. The summed E-state index contributed by atoms with van der Waals surface area (Å²) in [6, 6.07) is 3.97. The first kappa shape index (κ1) is 12.7. The van der Waals surface area contributed by atoms with Gasteiger partial charge in [0.15, 0.2) is 0 Å². The van der Waals surface area contributed by atoms with Crippen molar-refractivity contribution in [2.24, 2.45) is 5.73 Å². The molecule has 0 saturated carbocycles. The molecule has 0 spiro atoms. The van der Waals surface area contributed by atoms with E-state index in [1.165, 1.54) is 11.1 Å². The summed E-state index contributed by atoms with van der Waals surface area (Å²) in [7, 11) is 1.62. The third kappa shape index (κ3) is 2.73. The molecular weight excluding hydrogens is 230 g/mol. The topological polar surface area (TPSA) is 81.6 Å². The van der Waals surface area contributed by atoms with Gasteiger partial charge in [-0.3, -0.25) is 9.69 Å². The zero-order valence-corrected chi connectivity index (χ0v) is 10.6. The molecule has 1 aliphatic heterocycles. The standard InChI is InChI=1S/C13H19N3O2/c1-18-12-7-10-3-5-16(8-13(15)17)4-2-9(10)6-11(12)14/h6-7H,2-5,8,14H2,1H3,(H2,15,17). The molecule has 18 heavy (non-hydrogen) atoms. The van der Waals surface area contributed by atoms with Crippen LogP contribution in [0.5, 0.6) is 5.75 Å². The van der Waals surface area contributed by atoms with E-state index in [1.54, 1.807) is 7.11 Å². The number of fused-ring (bicyclic) bond motifs is 1. The maximum atomic E-state index is 10.9. The van der Waals surface area contributed by atoms with Gasteiger partial charge in [-0.25, -0.2) is 0 Å². The van der Waals surface area contributed by atoms with Gasteiger partial charge in [-0.05, 0) is 36.1 Å². The van der Waals surface area contributed by atoms with Crippen molar-refractivity contribution >= 4 is 11.6 Å². The lowest BCUT2D eigenvalue weighted by atomic mass is 10.0. The van der Waals surface area contributed by atoms with Gasteiger partial charge < -0.3 is 16.2 Å². The first-order valence-corrected chi connectivity index (χ1v) is 6.06. The van der Waals surface area contributed by atoms with E-state index < -0.39 is 0 Å². The van der Waals surface area contributed by atoms with Crippen LogP contribution in [0.3, 0.4) is 0 Å². The van der Waals surface area contributed by atoms with E-state index in [1.807, 2.05) is 12.1 Å². The number of carbonyl (C=O) groups excluding carboxylic acids is 1. The molecule has 1 amide bonds. The van der Waals surface area contributed by atoms with Crippen LogP contribution in [-0.2, 0) is 17.6 Å². The molecule has 0 fully saturated rings. The van der Waals surface area contributed by atoms with Crippen LogP contribution in [0, 0.1) is 0 Å². The third-order valence-corrected chi connectivity index (χ3v) is 3.33. The molecular formula is C13H19N3O2. The van der Waals surface area contributed by atoms with Crippen LogP contribution in [0.15, 0.2) is 12.1 Å². The van der Waals surface area contributed by atoms with E-state index >= 15 is 0 Å². The molecule has 4 N–H and O–H groups in total. The molecule has 0 bridgehead atoms. The minimum Gasteiger partial charge on any atom is -0.495 e. The van der Waals surface area contributed by atoms with Gasteiger partial charge in [-0.2, -0.15) is 0 Å². The zero-order chi connectivity index (χ0) is 13.1. The molecule has 5 heteroatoms. The summed E-state index contributed by atoms with van der Waals surface area (Å²) >= 11 is 0. The largest absolute Gasteiger partial charge is 0.495 e. The summed E-state index contributed by atoms with van der Waals surface area (Å²) in [5, 5.41) is 0. The van der Waals surface area contributed by atoms with E-state index in [4.69, 9.17) is 16.2 Å². The fourth-order valence-corrected chi connectivity index (χ4v) is 2.38. The molecule has 1 aromatic rings. The Labute approximate surface area is 107 Å². The van der Waals surface area contributed by atoms with Crippen molar-refractivity contribution in [3.8, 4) is 5.75 Å². The van der Waals surface area contributed by atoms with Crippen LogP contribution in [0.1, 0.15) is 11.1 Å². The number of nitrogens with zero attached hydrogens (tertiary/aromatic N) is 1. The van der Waals surface area contributed by atoms with Gasteiger partial charge in [0.2, 0.25) is 5.91 Å². The first-order chi connectivity index (χ1) is 8.60. The summed E-state index contributed by atoms with van der Waals surface area (Å²) in [6.45, 7) is 1.99. The number of hydrogen-bond acceptors (Lipinski definition) is 4. The van der Waals surface area contributed by atoms with Crippen molar-refractivity contribution in [1.82, 2.24) is 4.90 Å². The van der Waals surface area contributed by atoms with Crippen LogP contribution in [0.4, 0.5) is 5.69 Å². The van der Waals surface area contributed by atoms with Crippen molar-refractivity contribution in [2.75, 3.05) is 32.5 Å². The van der Waals surface area contributed by atoms with Gasteiger partial charge in [0.25, 0.3) is 0 Å². The number of ether oxygens (including phenoxy) is 1. The molecule has 98 valence electrons. The monoisotopic (exact) mass is 249 g/mol. The molecule has 0 aromatic heterocycles. The number of rotatable bonds is 3. The number of carbonyl (C=O) groups is 1. The van der Waals surface area contributed by atoms with Crippen LogP contribution >= 0.6 is 0 Å². The Morgan fingerprint density at radius 2 is 1.94 bits per heavy atom. The maximum Gasteiger partial charge on any atom is 0.231 e. The highest BCUT2D eigenvalue weighted by Gasteiger charge is 2.17. The minimum absolute atomic E-state index is 0.280. The van der Waals surface area contributed by atoms with Crippen LogP contribution in [0.25, 0.3) is 0 Å². The number of benzene rings is 1. The Morgan fingerprint density at radius 1 is 1.33 bits per heavy atom. The van der Waals surface area contributed by atoms with Crippen molar-refractivity contribution in [3.05, 3.63) is 23.3 Å². The van der Waals surface area contributed by atoms with E-state index in [-0.39, 0.29) is 5.91 Å².